The molecule has 3 saturated heterocycles. The highest BCUT2D eigenvalue weighted by molar-refractivity contribution is 5.32. The van der Waals surface area contributed by atoms with E-state index >= 15 is 0 Å². The van der Waals surface area contributed by atoms with Gasteiger partial charge in [0.1, 0.15) is 73.2 Å². The maximum absolute atomic E-state index is 12.8. The van der Waals surface area contributed by atoms with Crippen LogP contribution in [0.2, 0.25) is 0 Å². The first kappa shape index (κ1) is 53.5. The number of fused-ring (bicyclic) bond motifs is 2. The summed E-state index contributed by atoms with van der Waals surface area (Å²) >= 11 is 0. The predicted molar refractivity (Wildman–Crippen MR) is 234 cm³/mol. The summed E-state index contributed by atoms with van der Waals surface area (Å²) in [5.41, 5.74) is -3.33. The largest absolute Gasteiger partial charge is 0.394 e. The molecule has 394 valence electrons. The molecule has 27 atom stereocenters. The van der Waals surface area contributed by atoms with Gasteiger partial charge in [0, 0.05) is 5.41 Å². The Morgan fingerprint density at radius 1 is 0.603 bits per heavy atom. The maximum Gasteiger partial charge on any atom is 0.187 e. The van der Waals surface area contributed by atoms with Gasteiger partial charge < -0.3 is 99.9 Å². The molecule has 68 heavy (non-hydrogen) atoms. The number of ether oxygens (including phenoxy) is 6. The van der Waals surface area contributed by atoms with Gasteiger partial charge in [-0.15, -0.1) is 0 Å². The summed E-state index contributed by atoms with van der Waals surface area (Å²) in [6, 6.07) is 0. The molecule has 0 aromatic heterocycles. The van der Waals surface area contributed by atoms with E-state index in [1.54, 1.807) is 13.8 Å². The van der Waals surface area contributed by atoms with Crippen molar-refractivity contribution in [2.75, 3.05) is 26.4 Å². The molecule has 0 bridgehead atoms. The zero-order chi connectivity index (χ0) is 49.8. The monoisotopic (exact) mass is 979 g/mol. The van der Waals surface area contributed by atoms with E-state index in [2.05, 4.69) is 20.8 Å². The Morgan fingerprint density at radius 2 is 1.13 bits per heavy atom. The fraction of sp³-hybridized carbons (Fsp3) is 1.00. The number of aliphatic hydroxyl groups excluding tert-OH is 13. The van der Waals surface area contributed by atoms with Gasteiger partial charge in [-0.05, 0) is 123 Å². The van der Waals surface area contributed by atoms with Crippen molar-refractivity contribution in [1.82, 2.24) is 0 Å². The molecule has 3 heterocycles. The summed E-state index contributed by atoms with van der Waals surface area (Å²) in [4.78, 5) is 0. The number of aliphatic hydroxyl groups is 14. The van der Waals surface area contributed by atoms with Crippen LogP contribution in [0.1, 0.15) is 106 Å². The van der Waals surface area contributed by atoms with Crippen LogP contribution in [0.4, 0.5) is 0 Å². The van der Waals surface area contributed by atoms with Gasteiger partial charge >= 0.3 is 0 Å². The summed E-state index contributed by atoms with van der Waals surface area (Å²) in [6.07, 6.45) is -17.9. The topological polar surface area (TPSA) is 339 Å². The van der Waals surface area contributed by atoms with Gasteiger partial charge in [-0.1, -0.05) is 27.7 Å². The van der Waals surface area contributed by atoms with E-state index in [0.29, 0.717) is 32.1 Å². The van der Waals surface area contributed by atoms with Gasteiger partial charge in [0.25, 0.3) is 0 Å². The predicted octanol–water partition coefficient (Wildman–Crippen LogP) is -2.25. The summed E-state index contributed by atoms with van der Waals surface area (Å²) in [5.74, 6) is 0.0957. The standard InChI is InChI=1S/C48H82O20/c1-21(7-8-28(43(2,3)62)67-41-37(60)34(57)31(54)25(17-50)65-41)22-9-11-46(6)39-23(52)15-27-44(4,20-63-40-36(59)33(56)30(53)24(16-49)64-40)29(68-42-38(61)35(58)32(55)26(18-51)66-42)10-12-47(27)19-48(39,47)14-13-45(22,46)5/h21-42,49-62H,7-20H2,1-6H3/t21-,22?,23+,24-,25-,26-,27?,28-,29+,30-,31-,32-,33+,34+,35+,36-,37-,38-,39?,40-,41+,42+,44-,45-,46+,47?,48?/m1/s1. The molecule has 3 aliphatic heterocycles. The van der Waals surface area contributed by atoms with Crippen LogP contribution in [-0.4, -0.2) is 214 Å². The van der Waals surface area contributed by atoms with Crippen molar-refractivity contribution in [1.29, 1.82) is 0 Å². The highest BCUT2D eigenvalue weighted by atomic mass is 16.7. The molecular formula is C48H82O20. The molecule has 8 fully saturated rings. The number of rotatable bonds is 15. The van der Waals surface area contributed by atoms with Crippen molar-refractivity contribution in [2.24, 2.45) is 50.7 Å². The molecule has 5 saturated carbocycles. The molecule has 0 radical (unpaired) electrons. The van der Waals surface area contributed by atoms with Crippen LogP contribution in [0.3, 0.4) is 0 Å². The minimum absolute atomic E-state index is 0.0561. The van der Waals surface area contributed by atoms with Crippen molar-refractivity contribution >= 4 is 0 Å². The van der Waals surface area contributed by atoms with Gasteiger partial charge in [0.2, 0.25) is 0 Å². The van der Waals surface area contributed by atoms with Crippen LogP contribution in [0.5, 0.6) is 0 Å². The lowest BCUT2D eigenvalue weighted by Crippen LogP contribution is -2.65. The average Bonchev–Trinajstić information content (AvgIpc) is 3.86. The first-order valence-electron chi connectivity index (χ1n) is 25.0. The average molecular weight is 979 g/mol. The Kier molecular flexibility index (Phi) is 15.1. The summed E-state index contributed by atoms with van der Waals surface area (Å²) < 4.78 is 36.3. The zero-order valence-electron chi connectivity index (χ0n) is 40.3. The Bertz CT molecular complexity index is 1740. The van der Waals surface area contributed by atoms with Crippen LogP contribution in [0, 0.1) is 50.7 Å². The van der Waals surface area contributed by atoms with Crippen LogP contribution in [0.25, 0.3) is 0 Å². The first-order chi connectivity index (χ1) is 31.8. The molecule has 0 aromatic rings. The Balaban J connectivity index is 1.02. The van der Waals surface area contributed by atoms with Crippen LogP contribution in [0.15, 0.2) is 0 Å². The van der Waals surface area contributed by atoms with E-state index in [4.69, 9.17) is 28.4 Å². The maximum atomic E-state index is 12.8. The van der Waals surface area contributed by atoms with Crippen molar-refractivity contribution < 1.29 is 99.9 Å². The fourth-order valence-corrected chi connectivity index (χ4v) is 15.9. The SMILES string of the molecule is C[C@H](CC[C@@H](O[C@@H]1O[C@H](CO)[C@@H](O)[C@H](O)[C@H]1O)C(C)(C)O)C1CC[C@@]2(C)C3[C@@H](O)CC4C5(CC[C@H](O[C@@H]6O[C@H](CO)[C@@H](O)[C@H](O)[C@H]6O)[C@]4(C)CO[C@@H]4O[C@H](CO)[C@@H](O)[C@H](O)[C@H]4O)CC35CC[C@]12C. The second-order valence-corrected chi connectivity index (χ2v) is 23.7. The van der Waals surface area contributed by atoms with Crippen molar-refractivity contribution in [3.05, 3.63) is 0 Å². The van der Waals surface area contributed by atoms with Crippen LogP contribution >= 0.6 is 0 Å². The van der Waals surface area contributed by atoms with Crippen molar-refractivity contribution in [3.63, 3.8) is 0 Å². The third-order valence-corrected chi connectivity index (χ3v) is 19.9. The molecule has 20 heteroatoms. The van der Waals surface area contributed by atoms with Gasteiger partial charge in [0.05, 0.1) is 50.3 Å². The van der Waals surface area contributed by atoms with Gasteiger partial charge in [0.15, 0.2) is 18.9 Å². The van der Waals surface area contributed by atoms with Crippen molar-refractivity contribution in [3.8, 4) is 0 Å². The molecule has 0 aromatic carbocycles. The molecule has 8 aliphatic rings. The molecule has 2 spiro atoms. The van der Waals surface area contributed by atoms with Gasteiger partial charge in [-0.25, -0.2) is 0 Å². The smallest absolute Gasteiger partial charge is 0.187 e. The first-order valence-corrected chi connectivity index (χ1v) is 25.0. The summed E-state index contributed by atoms with van der Waals surface area (Å²) in [6.45, 7) is 10.0. The van der Waals surface area contributed by atoms with Crippen molar-refractivity contribution in [2.45, 2.75) is 222 Å². The molecule has 20 nitrogen and oxygen atoms in total. The highest BCUT2D eigenvalue weighted by Gasteiger charge is 2.84. The summed E-state index contributed by atoms with van der Waals surface area (Å²) in [7, 11) is 0. The number of hydrogen-bond donors (Lipinski definition) is 14. The lowest BCUT2D eigenvalue weighted by atomic mass is 9.41. The molecular weight excluding hydrogens is 897 g/mol. The molecule has 0 amide bonds. The van der Waals surface area contributed by atoms with E-state index in [0.717, 1.165) is 32.1 Å². The Morgan fingerprint density at radius 3 is 1.69 bits per heavy atom. The van der Waals surface area contributed by atoms with Gasteiger partial charge in [-0.2, -0.15) is 0 Å². The second-order valence-electron chi connectivity index (χ2n) is 23.7. The molecule has 8 rings (SSSR count). The third-order valence-electron chi connectivity index (χ3n) is 19.9. The highest BCUT2D eigenvalue weighted by Crippen LogP contribution is 2.89. The Hall–Kier alpha value is -0.800. The minimum Gasteiger partial charge on any atom is -0.394 e. The van der Waals surface area contributed by atoms with E-state index < -0.39 is 141 Å². The van der Waals surface area contributed by atoms with Crippen LogP contribution < -0.4 is 0 Å². The molecule has 5 aliphatic carbocycles. The van der Waals surface area contributed by atoms with E-state index in [1.807, 2.05) is 6.92 Å². The lowest BCUT2D eigenvalue weighted by Gasteiger charge is -2.65. The third kappa shape index (κ3) is 8.37. The normalized spacial score (nSPS) is 54.5. The zero-order valence-corrected chi connectivity index (χ0v) is 40.3. The minimum atomic E-state index is -1.68. The quantitative estimate of drug-likeness (QED) is 0.0771. The van der Waals surface area contributed by atoms with Gasteiger partial charge in [-0.3, -0.25) is 0 Å². The fourth-order valence-electron chi connectivity index (χ4n) is 15.9. The molecule has 14 N–H and O–H groups in total. The van der Waals surface area contributed by atoms with Crippen LogP contribution in [-0.2, 0) is 28.4 Å². The molecule has 5 unspecified atom stereocenters. The lowest BCUT2D eigenvalue weighted by molar-refractivity contribution is -0.341. The second kappa shape index (κ2) is 19.2. The van der Waals surface area contributed by atoms with E-state index in [1.165, 1.54) is 0 Å². The van der Waals surface area contributed by atoms with E-state index in [9.17, 15) is 71.5 Å². The Labute approximate surface area is 398 Å². The van der Waals surface area contributed by atoms with E-state index in [-0.39, 0.29) is 51.9 Å². The number of hydrogen-bond acceptors (Lipinski definition) is 20. The summed E-state index contributed by atoms with van der Waals surface area (Å²) in [5, 5.41) is 150.